The number of carbonyl (C=O) groups is 1. The maximum atomic E-state index is 12.4. The number of nitrogens with zero attached hydrogens (tertiary/aromatic N) is 2. The first-order valence-corrected chi connectivity index (χ1v) is 8.19. The molecule has 0 unspecified atom stereocenters. The zero-order chi connectivity index (χ0) is 17.6. The molecule has 0 amide bonds. The number of hydrogen-bond acceptors (Lipinski definition) is 4. The number of halogens is 1. The fraction of sp³-hybridized carbons (Fsp3) is 0.158. The number of imidazole rings is 1. The van der Waals surface area contributed by atoms with Gasteiger partial charge in [0, 0.05) is 28.4 Å². The Balaban J connectivity index is 1.56. The summed E-state index contributed by atoms with van der Waals surface area (Å²) >= 11 is 6.00. The molecule has 3 heterocycles. The Kier molecular flexibility index (Phi) is 3.73. The number of ether oxygens (including phenoxy) is 1. The molecular formula is C19H15ClN2O3. The van der Waals surface area contributed by atoms with Gasteiger partial charge in [-0.05, 0) is 43.7 Å². The van der Waals surface area contributed by atoms with Crippen molar-refractivity contribution in [3.05, 3.63) is 70.3 Å². The van der Waals surface area contributed by atoms with E-state index in [4.69, 9.17) is 20.8 Å². The van der Waals surface area contributed by atoms with E-state index in [0.717, 1.165) is 16.6 Å². The molecule has 0 spiro atoms. The molecule has 0 radical (unpaired) electrons. The van der Waals surface area contributed by atoms with Crippen molar-refractivity contribution in [1.29, 1.82) is 0 Å². The Hall–Kier alpha value is -2.79. The highest BCUT2D eigenvalue weighted by molar-refractivity contribution is 6.31. The number of aromatic nitrogens is 2. The summed E-state index contributed by atoms with van der Waals surface area (Å²) in [4.78, 5) is 16.8. The summed E-state index contributed by atoms with van der Waals surface area (Å²) in [6, 6.07) is 9.15. The summed E-state index contributed by atoms with van der Waals surface area (Å²) < 4.78 is 12.9. The van der Waals surface area contributed by atoms with Crippen molar-refractivity contribution in [3.8, 4) is 0 Å². The van der Waals surface area contributed by atoms with Crippen molar-refractivity contribution in [2.75, 3.05) is 0 Å². The zero-order valence-corrected chi connectivity index (χ0v) is 14.5. The van der Waals surface area contributed by atoms with Gasteiger partial charge in [0.15, 0.2) is 0 Å². The van der Waals surface area contributed by atoms with Gasteiger partial charge in [-0.25, -0.2) is 9.78 Å². The van der Waals surface area contributed by atoms with E-state index >= 15 is 0 Å². The Labute approximate surface area is 148 Å². The molecule has 126 valence electrons. The highest BCUT2D eigenvalue weighted by Crippen LogP contribution is 2.28. The number of fused-ring (bicyclic) bond motifs is 2. The molecule has 0 N–H and O–H groups in total. The number of carbonyl (C=O) groups excluding carboxylic acids is 1. The van der Waals surface area contributed by atoms with Gasteiger partial charge in [0.2, 0.25) is 5.76 Å². The number of benzene rings is 1. The lowest BCUT2D eigenvalue weighted by Crippen LogP contribution is -2.05. The van der Waals surface area contributed by atoms with Crippen molar-refractivity contribution in [1.82, 2.24) is 9.38 Å². The van der Waals surface area contributed by atoms with Crippen LogP contribution >= 0.6 is 11.6 Å². The number of hydrogen-bond donors (Lipinski definition) is 0. The molecule has 3 aromatic heterocycles. The first-order chi connectivity index (χ1) is 12.0. The van der Waals surface area contributed by atoms with Crippen LogP contribution in [0.5, 0.6) is 0 Å². The normalized spacial score (nSPS) is 11.3. The lowest BCUT2D eigenvalue weighted by molar-refractivity contribution is 0.0433. The standard InChI is InChI=1S/C19H15ClN2O3/c1-11-3-6-17-21-14(9-22(17)8-11)10-24-19(23)18-12(2)15-7-13(20)4-5-16(15)25-18/h3-9H,10H2,1-2H3. The first kappa shape index (κ1) is 15.7. The number of esters is 1. The largest absolute Gasteiger partial charge is 0.453 e. The van der Waals surface area contributed by atoms with Gasteiger partial charge in [0.1, 0.15) is 17.8 Å². The second-order valence-corrected chi connectivity index (χ2v) is 6.41. The van der Waals surface area contributed by atoms with Crippen LogP contribution < -0.4 is 0 Å². The van der Waals surface area contributed by atoms with Gasteiger partial charge in [-0.3, -0.25) is 0 Å². The van der Waals surface area contributed by atoms with Crippen LogP contribution in [-0.2, 0) is 11.3 Å². The molecule has 25 heavy (non-hydrogen) atoms. The van der Waals surface area contributed by atoms with Crippen LogP contribution in [0.2, 0.25) is 5.02 Å². The molecule has 0 fully saturated rings. The molecule has 0 aliphatic rings. The maximum Gasteiger partial charge on any atom is 0.374 e. The van der Waals surface area contributed by atoms with Gasteiger partial charge in [-0.1, -0.05) is 17.7 Å². The third-order valence-corrected chi connectivity index (χ3v) is 4.32. The molecular weight excluding hydrogens is 340 g/mol. The molecule has 1 aromatic carbocycles. The topological polar surface area (TPSA) is 56.7 Å². The van der Waals surface area contributed by atoms with Gasteiger partial charge in [0.05, 0.1) is 5.69 Å². The highest BCUT2D eigenvalue weighted by atomic mass is 35.5. The average Bonchev–Trinajstić information content (AvgIpc) is 3.13. The summed E-state index contributed by atoms with van der Waals surface area (Å²) in [6.45, 7) is 3.90. The SMILES string of the molecule is Cc1ccc2nc(COC(=O)c3oc4ccc(Cl)cc4c3C)cn2c1. The Morgan fingerprint density at radius 3 is 2.92 bits per heavy atom. The molecule has 5 nitrogen and oxygen atoms in total. The fourth-order valence-corrected chi connectivity index (χ4v) is 2.99. The van der Waals surface area contributed by atoms with Gasteiger partial charge in [-0.2, -0.15) is 0 Å². The summed E-state index contributed by atoms with van der Waals surface area (Å²) in [5, 5.41) is 1.40. The minimum Gasteiger partial charge on any atom is -0.453 e. The van der Waals surface area contributed by atoms with Gasteiger partial charge < -0.3 is 13.6 Å². The number of pyridine rings is 1. The van der Waals surface area contributed by atoms with E-state index in [9.17, 15) is 4.79 Å². The van der Waals surface area contributed by atoms with E-state index in [2.05, 4.69) is 4.98 Å². The minimum atomic E-state index is -0.516. The molecule has 6 heteroatoms. The molecule has 4 aromatic rings. The smallest absolute Gasteiger partial charge is 0.374 e. The summed E-state index contributed by atoms with van der Waals surface area (Å²) in [6.07, 6.45) is 3.82. The molecule has 4 rings (SSSR count). The Morgan fingerprint density at radius 2 is 2.08 bits per heavy atom. The predicted octanol–water partition coefficient (Wildman–Crippen LogP) is 4.71. The van der Waals surface area contributed by atoms with Crippen LogP contribution in [0.15, 0.2) is 47.1 Å². The predicted molar refractivity (Wildman–Crippen MR) is 95.0 cm³/mol. The number of furan rings is 1. The average molecular weight is 355 g/mol. The van der Waals surface area contributed by atoms with Gasteiger partial charge in [0.25, 0.3) is 0 Å². The summed E-state index contributed by atoms with van der Waals surface area (Å²) in [5.41, 5.74) is 3.94. The molecule has 0 saturated heterocycles. The van der Waals surface area contributed by atoms with Gasteiger partial charge in [-0.15, -0.1) is 0 Å². The molecule has 0 aliphatic carbocycles. The first-order valence-electron chi connectivity index (χ1n) is 7.81. The van der Waals surface area contributed by atoms with Crippen LogP contribution in [-0.4, -0.2) is 15.4 Å². The van der Waals surface area contributed by atoms with Crippen molar-refractivity contribution in [2.24, 2.45) is 0 Å². The number of aryl methyl sites for hydroxylation is 2. The quantitative estimate of drug-likeness (QED) is 0.500. The maximum absolute atomic E-state index is 12.4. The van der Waals surface area contributed by atoms with Crippen molar-refractivity contribution < 1.29 is 13.9 Å². The van der Waals surface area contributed by atoms with Crippen molar-refractivity contribution in [3.63, 3.8) is 0 Å². The van der Waals surface area contributed by atoms with E-state index in [-0.39, 0.29) is 12.4 Å². The van der Waals surface area contributed by atoms with Crippen LogP contribution in [0.25, 0.3) is 16.6 Å². The van der Waals surface area contributed by atoms with Crippen LogP contribution in [0.3, 0.4) is 0 Å². The van der Waals surface area contributed by atoms with E-state index in [1.54, 1.807) is 18.2 Å². The molecule has 0 aliphatic heterocycles. The second kappa shape index (κ2) is 5.93. The fourth-order valence-electron chi connectivity index (χ4n) is 2.82. The highest BCUT2D eigenvalue weighted by Gasteiger charge is 2.19. The second-order valence-electron chi connectivity index (χ2n) is 5.98. The summed E-state index contributed by atoms with van der Waals surface area (Å²) in [5.74, 6) is -0.324. The van der Waals surface area contributed by atoms with E-state index in [0.29, 0.717) is 21.9 Å². The van der Waals surface area contributed by atoms with Crippen LogP contribution in [0.4, 0.5) is 0 Å². The lowest BCUT2D eigenvalue weighted by atomic mass is 10.1. The van der Waals surface area contributed by atoms with Crippen molar-refractivity contribution >= 4 is 34.2 Å². The third kappa shape index (κ3) is 2.87. The van der Waals surface area contributed by atoms with E-state index < -0.39 is 5.97 Å². The van der Waals surface area contributed by atoms with Crippen LogP contribution in [0.1, 0.15) is 27.4 Å². The van der Waals surface area contributed by atoms with Gasteiger partial charge >= 0.3 is 5.97 Å². The van der Waals surface area contributed by atoms with E-state index in [1.807, 2.05) is 42.8 Å². The molecule has 0 saturated carbocycles. The Morgan fingerprint density at radius 1 is 1.24 bits per heavy atom. The molecule has 0 bridgehead atoms. The monoisotopic (exact) mass is 354 g/mol. The van der Waals surface area contributed by atoms with Crippen LogP contribution in [0, 0.1) is 13.8 Å². The Bertz CT molecular complexity index is 1110. The summed E-state index contributed by atoms with van der Waals surface area (Å²) in [7, 11) is 0. The van der Waals surface area contributed by atoms with E-state index in [1.165, 1.54) is 0 Å². The minimum absolute atomic E-state index is 0.0802. The lowest BCUT2D eigenvalue weighted by Gasteiger charge is -2.00. The number of rotatable bonds is 3. The third-order valence-electron chi connectivity index (χ3n) is 4.08. The van der Waals surface area contributed by atoms with Crippen molar-refractivity contribution in [2.45, 2.75) is 20.5 Å². The zero-order valence-electron chi connectivity index (χ0n) is 13.7. The molecule has 0 atom stereocenters.